The molecule has 5 aromatic rings. The van der Waals surface area contributed by atoms with Crippen LogP contribution < -0.4 is 4.65 Å². The predicted molar refractivity (Wildman–Crippen MR) is 142 cm³/mol. The molecule has 0 aromatic heterocycles. The van der Waals surface area contributed by atoms with Crippen LogP contribution in [0.15, 0.2) is 97.1 Å². The molecule has 0 atom stereocenters. The van der Waals surface area contributed by atoms with Crippen LogP contribution in [0.4, 0.5) is 0 Å². The summed E-state index contributed by atoms with van der Waals surface area (Å²) in [5, 5.41) is 23.2. The Morgan fingerprint density at radius 3 is 1.59 bits per heavy atom. The summed E-state index contributed by atoms with van der Waals surface area (Å²) in [4.78, 5) is 0. The molecule has 0 aliphatic rings. The number of hydrogen-bond acceptors (Lipinski definition) is 3. The topological polar surface area (TPSA) is 49.7 Å². The Morgan fingerprint density at radius 1 is 0.588 bits per heavy atom. The maximum Gasteiger partial charge on any atom is 0.707 e. The van der Waals surface area contributed by atoms with Crippen molar-refractivity contribution in [3.8, 4) is 28.0 Å². The first-order valence-corrected chi connectivity index (χ1v) is 11.5. The van der Waals surface area contributed by atoms with Crippen LogP contribution in [0.25, 0.3) is 43.8 Å². The molecule has 0 spiro atoms. The fraction of sp³-hybridized carbons (Fsp3) is 0.133. The molecule has 5 rings (SSSR count). The lowest BCUT2D eigenvalue weighted by Gasteiger charge is -2.23. The lowest BCUT2D eigenvalue weighted by Crippen LogP contribution is -2.20. The van der Waals surface area contributed by atoms with E-state index in [1.807, 2.05) is 36.4 Å². The van der Waals surface area contributed by atoms with Gasteiger partial charge in [0.25, 0.3) is 0 Å². The van der Waals surface area contributed by atoms with Crippen molar-refractivity contribution in [3.63, 3.8) is 0 Å². The standard InChI is InChI=1S/C30H27BO3/c1-30(2,3)22-14-16-24-26(18-22)28(20-10-6-4-7-11-20)25-17-15-23(34-31(32)33)19-27(25)29(24)21-12-8-5-9-13-21/h4-19,32-33H,1-3H3. The largest absolute Gasteiger partial charge is 0.707 e. The van der Waals surface area contributed by atoms with E-state index in [1.165, 1.54) is 10.9 Å². The lowest BCUT2D eigenvalue weighted by molar-refractivity contribution is 0.288. The maximum absolute atomic E-state index is 9.41. The van der Waals surface area contributed by atoms with Gasteiger partial charge in [-0.2, -0.15) is 0 Å². The Balaban J connectivity index is 1.98. The van der Waals surface area contributed by atoms with Crippen molar-refractivity contribution in [1.29, 1.82) is 0 Å². The van der Waals surface area contributed by atoms with Gasteiger partial charge in [0.05, 0.1) is 0 Å². The Morgan fingerprint density at radius 2 is 1.09 bits per heavy atom. The molecule has 0 heterocycles. The second-order valence-electron chi connectivity index (χ2n) is 9.64. The molecule has 0 aliphatic carbocycles. The summed E-state index contributed by atoms with van der Waals surface area (Å²) >= 11 is 0. The first kappa shape index (κ1) is 22.2. The molecule has 0 bridgehead atoms. The molecule has 0 amide bonds. The molecule has 3 nitrogen and oxygen atoms in total. The van der Waals surface area contributed by atoms with Crippen LogP contribution in [0.2, 0.25) is 0 Å². The van der Waals surface area contributed by atoms with Gasteiger partial charge in [-0.15, -0.1) is 0 Å². The number of hydrogen-bond donors (Lipinski definition) is 2. The smallest absolute Gasteiger partial charge is 0.512 e. The molecule has 0 unspecified atom stereocenters. The second kappa shape index (κ2) is 8.64. The number of fused-ring (bicyclic) bond motifs is 2. The predicted octanol–water partition coefficient (Wildman–Crippen LogP) is 6.97. The molecule has 34 heavy (non-hydrogen) atoms. The van der Waals surface area contributed by atoms with Crippen LogP contribution in [0, 0.1) is 0 Å². The zero-order valence-electron chi connectivity index (χ0n) is 19.6. The third-order valence-electron chi connectivity index (χ3n) is 6.32. The van der Waals surface area contributed by atoms with E-state index in [4.69, 9.17) is 4.65 Å². The highest BCUT2D eigenvalue weighted by molar-refractivity contribution is 6.34. The van der Waals surface area contributed by atoms with Gasteiger partial charge in [0, 0.05) is 0 Å². The third-order valence-corrected chi connectivity index (χ3v) is 6.32. The van der Waals surface area contributed by atoms with Crippen LogP contribution in [-0.4, -0.2) is 17.4 Å². The third kappa shape index (κ3) is 4.07. The highest BCUT2D eigenvalue weighted by Crippen LogP contribution is 2.45. The van der Waals surface area contributed by atoms with E-state index in [1.54, 1.807) is 6.07 Å². The monoisotopic (exact) mass is 446 g/mol. The van der Waals surface area contributed by atoms with Gasteiger partial charge >= 0.3 is 7.32 Å². The second-order valence-corrected chi connectivity index (χ2v) is 9.64. The zero-order valence-corrected chi connectivity index (χ0v) is 19.6. The zero-order chi connectivity index (χ0) is 23.9. The van der Waals surface area contributed by atoms with Gasteiger partial charge in [-0.3, -0.25) is 0 Å². The molecular formula is C30H27BO3. The van der Waals surface area contributed by atoms with Crippen molar-refractivity contribution in [2.75, 3.05) is 0 Å². The van der Waals surface area contributed by atoms with Gasteiger partial charge in [0.15, 0.2) is 0 Å². The van der Waals surface area contributed by atoms with Crippen molar-refractivity contribution in [2.45, 2.75) is 26.2 Å². The lowest BCUT2D eigenvalue weighted by atomic mass is 9.81. The van der Waals surface area contributed by atoms with Crippen molar-refractivity contribution < 1.29 is 14.7 Å². The first-order valence-electron chi connectivity index (χ1n) is 11.5. The van der Waals surface area contributed by atoms with Gasteiger partial charge in [0.2, 0.25) is 0 Å². The Bertz CT molecular complexity index is 1470. The van der Waals surface area contributed by atoms with Gasteiger partial charge in [-0.25, -0.2) is 0 Å². The fourth-order valence-corrected chi connectivity index (χ4v) is 4.70. The molecule has 5 aromatic carbocycles. The summed E-state index contributed by atoms with van der Waals surface area (Å²) in [5.74, 6) is 0.407. The number of rotatable bonds is 4. The van der Waals surface area contributed by atoms with Crippen LogP contribution in [0.1, 0.15) is 26.3 Å². The Labute approximate surface area is 200 Å². The molecular weight excluding hydrogens is 419 g/mol. The maximum atomic E-state index is 9.41. The summed E-state index contributed by atoms with van der Waals surface area (Å²) in [6, 6.07) is 33.2. The molecule has 0 radical (unpaired) electrons. The quantitative estimate of drug-likeness (QED) is 0.232. The minimum absolute atomic E-state index is 0.0129. The van der Waals surface area contributed by atoms with E-state index in [9.17, 15) is 10.0 Å². The molecule has 2 N–H and O–H groups in total. The number of benzene rings is 5. The van der Waals surface area contributed by atoms with E-state index in [0.717, 1.165) is 38.4 Å². The van der Waals surface area contributed by atoms with E-state index >= 15 is 0 Å². The highest BCUT2D eigenvalue weighted by Gasteiger charge is 2.21. The average molecular weight is 446 g/mol. The van der Waals surface area contributed by atoms with Crippen molar-refractivity contribution in [2.24, 2.45) is 0 Å². The summed E-state index contributed by atoms with van der Waals surface area (Å²) < 4.78 is 5.25. The van der Waals surface area contributed by atoms with E-state index in [0.29, 0.717) is 5.75 Å². The molecule has 0 saturated carbocycles. The Kier molecular flexibility index (Phi) is 5.64. The highest BCUT2D eigenvalue weighted by atomic mass is 16.6. The summed E-state index contributed by atoms with van der Waals surface area (Å²) in [7, 11) is -1.87. The van der Waals surface area contributed by atoms with E-state index in [2.05, 4.69) is 75.4 Å². The fourth-order valence-electron chi connectivity index (χ4n) is 4.70. The van der Waals surface area contributed by atoms with Crippen molar-refractivity contribution in [1.82, 2.24) is 0 Å². The van der Waals surface area contributed by atoms with E-state index < -0.39 is 7.32 Å². The van der Waals surface area contributed by atoms with Gasteiger partial charge in [0.1, 0.15) is 5.75 Å². The van der Waals surface area contributed by atoms with E-state index in [-0.39, 0.29) is 5.41 Å². The summed E-state index contributed by atoms with van der Waals surface area (Å²) in [5.41, 5.74) is 5.79. The molecule has 168 valence electrons. The van der Waals surface area contributed by atoms with Gasteiger partial charge in [-0.1, -0.05) is 99.6 Å². The first-order chi connectivity index (χ1) is 16.3. The van der Waals surface area contributed by atoms with Crippen molar-refractivity contribution in [3.05, 3.63) is 103 Å². The summed E-state index contributed by atoms with van der Waals surface area (Å²) in [6.45, 7) is 6.71. The molecule has 4 heteroatoms. The Hall–Kier alpha value is -3.60. The SMILES string of the molecule is CC(C)(C)c1ccc2c(-c3ccccc3)c3cc(OB(O)O)ccc3c(-c3ccccc3)c2c1. The molecule has 0 aliphatic heterocycles. The van der Waals surface area contributed by atoms with Crippen LogP contribution in [0.5, 0.6) is 5.75 Å². The van der Waals surface area contributed by atoms with Crippen LogP contribution in [0.3, 0.4) is 0 Å². The normalized spacial score (nSPS) is 11.7. The average Bonchev–Trinajstić information content (AvgIpc) is 2.82. The van der Waals surface area contributed by atoms with Crippen LogP contribution in [-0.2, 0) is 5.41 Å². The van der Waals surface area contributed by atoms with Gasteiger partial charge < -0.3 is 14.7 Å². The van der Waals surface area contributed by atoms with Gasteiger partial charge in [-0.05, 0) is 73.0 Å². The summed E-state index contributed by atoms with van der Waals surface area (Å²) in [6.07, 6.45) is 0. The van der Waals surface area contributed by atoms with Crippen molar-refractivity contribution >= 4 is 28.9 Å². The minimum atomic E-state index is -1.87. The van der Waals surface area contributed by atoms with Crippen LogP contribution >= 0.6 is 0 Å². The minimum Gasteiger partial charge on any atom is -0.512 e. The molecule has 0 saturated heterocycles. The molecule has 0 fully saturated rings.